The summed E-state index contributed by atoms with van der Waals surface area (Å²) in [6, 6.07) is 0. The third-order valence-electron chi connectivity index (χ3n) is 3.01. The van der Waals surface area contributed by atoms with Crippen molar-refractivity contribution in [2.75, 3.05) is 13.1 Å². The zero-order chi connectivity index (χ0) is 10.6. The number of alkyl halides is 1. The maximum atomic E-state index is 14.1. The van der Waals surface area contributed by atoms with Gasteiger partial charge in [0.2, 0.25) is 0 Å². The van der Waals surface area contributed by atoms with Crippen LogP contribution in [0.25, 0.3) is 0 Å². The van der Waals surface area contributed by atoms with Gasteiger partial charge in [-0.2, -0.15) is 0 Å². The predicted molar refractivity (Wildman–Crippen MR) is 59.2 cm³/mol. The topological polar surface area (TPSA) is 12.0 Å². The van der Waals surface area contributed by atoms with E-state index in [1.165, 1.54) is 0 Å². The molecular formula is C12H24FN. The molecule has 1 fully saturated rings. The van der Waals surface area contributed by atoms with Crippen LogP contribution in [0, 0.1) is 11.8 Å². The van der Waals surface area contributed by atoms with Crippen LogP contribution in [0.15, 0.2) is 0 Å². The molecule has 1 atom stereocenters. The molecule has 1 aliphatic heterocycles. The van der Waals surface area contributed by atoms with Crippen LogP contribution in [-0.4, -0.2) is 18.8 Å². The van der Waals surface area contributed by atoms with Crippen LogP contribution in [0.2, 0.25) is 0 Å². The molecule has 0 aromatic heterocycles. The summed E-state index contributed by atoms with van der Waals surface area (Å²) in [5, 5.41) is 3.32. The van der Waals surface area contributed by atoms with Crippen molar-refractivity contribution in [2.45, 2.75) is 52.1 Å². The molecule has 0 radical (unpaired) electrons. The summed E-state index contributed by atoms with van der Waals surface area (Å²) in [6.07, 6.45) is 3.76. The minimum atomic E-state index is -0.948. The molecule has 14 heavy (non-hydrogen) atoms. The molecule has 0 spiro atoms. The molecule has 1 unspecified atom stereocenters. The maximum Gasteiger partial charge on any atom is 0.108 e. The van der Waals surface area contributed by atoms with Crippen molar-refractivity contribution < 1.29 is 4.39 Å². The highest BCUT2D eigenvalue weighted by Gasteiger charge is 2.29. The molecule has 1 N–H and O–H groups in total. The Morgan fingerprint density at radius 3 is 2.43 bits per heavy atom. The van der Waals surface area contributed by atoms with Gasteiger partial charge in [-0.1, -0.05) is 13.8 Å². The van der Waals surface area contributed by atoms with Gasteiger partial charge in [-0.3, -0.25) is 0 Å². The Bertz CT molecular complexity index is 160. The SMILES string of the molecule is CC(C)CC(C)(F)CC1CCNCC1. The van der Waals surface area contributed by atoms with E-state index < -0.39 is 5.67 Å². The number of halogens is 1. The highest BCUT2D eigenvalue weighted by Crippen LogP contribution is 2.31. The largest absolute Gasteiger partial charge is 0.317 e. The molecule has 0 aromatic carbocycles. The summed E-state index contributed by atoms with van der Waals surface area (Å²) in [4.78, 5) is 0. The number of hydrogen-bond acceptors (Lipinski definition) is 1. The van der Waals surface area contributed by atoms with Crippen LogP contribution in [0.4, 0.5) is 4.39 Å². The van der Waals surface area contributed by atoms with Crippen molar-refractivity contribution in [3.05, 3.63) is 0 Å². The van der Waals surface area contributed by atoms with E-state index in [0.717, 1.165) is 32.4 Å². The van der Waals surface area contributed by atoms with Gasteiger partial charge in [0.15, 0.2) is 0 Å². The molecule has 84 valence electrons. The molecule has 1 heterocycles. The van der Waals surface area contributed by atoms with Crippen molar-refractivity contribution in [2.24, 2.45) is 11.8 Å². The van der Waals surface area contributed by atoms with Gasteiger partial charge in [-0.25, -0.2) is 4.39 Å². The summed E-state index contributed by atoms with van der Waals surface area (Å²) in [7, 11) is 0. The first-order valence-electron chi connectivity index (χ1n) is 5.89. The summed E-state index contributed by atoms with van der Waals surface area (Å²) >= 11 is 0. The summed E-state index contributed by atoms with van der Waals surface area (Å²) in [6.45, 7) is 8.11. The average molecular weight is 201 g/mol. The highest BCUT2D eigenvalue weighted by atomic mass is 19.1. The average Bonchev–Trinajstić information content (AvgIpc) is 2.02. The first-order valence-corrected chi connectivity index (χ1v) is 5.89. The molecule has 1 nitrogen and oxygen atoms in total. The first kappa shape index (κ1) is 12.0. The molecule has 1 aliphatic rings. The first-order chi connectivity index (χ1) is 6.49. The Labute approximate surface area is 87.5 Å². The van der Waals surface area contributed by atoms with Crippen molar-refractivity contribution in [3.8, 4) is 0 Å². The molecule has 2 heteroatoms. The van der Waals surface area contributed by atoms with Crippen molar-refractivity contribution in [1.82, 2.24) is 5.32 Å². The lowest BCUT2D eigenvalue weighted by atomic mass is 9.83. The second-order valence-corrected chi connectivity index (χ2v) is 5.41. The van der Waals surface area contributed by atoms with Crippen LogP contribution < -0.4 is 5.32 Å². The smallest absolute Gasteiger partial charge is 0.108 e. The highest BCUT2D eigenvalue weighted by molar-refractivity contribution is 4.81. The minimum absolute atomic E-state index is 0.465. The third-order valence-corrected chi connectivity index (χ3v) is 3.01. The van der Waals surface area contributed by atoms with Gasteiger partial charge in [0, 0.05) is 0 Å². The second-order valence-electron chi connectivity index (χ2n) is 5.41. The fourth-order valence-corrected chi connectivity index (χ4v) is 2.62. The fourth-order valence-electron chi connectivity index (χ4n) is 2.62. The van der Waals surface area contributed by atoms with E-state index >= 15 is 0 Å². The van der Waals surface area contributed by atoms with E-state index in [9.17, 15) is 4.39 Å². The standard InChI is InChI=1S/C12H24FN/c1-10(2)8-12(3,13)9-11-4-6-14-7-5-11/h10-11,14H,4-9H2,1-3H3. The van der Waals surface area contributed by atoms with Gasteiger partial charge < -0.3 is 5.32 Å². The quantitative estimate of drug-likeness (QED) is 0.736. The maximum absolute atomic E-state index is 14.1. The van der Waals surface area contributed by atoms with Crippen molar-refractivity contribution in [3.63, 3.8) is 0 Å². The zero-order valence-electron chi connectivity index (χ0n) is 9.78. The van der Waals surface area contributed by atoms with Gasteiger partial charge in [-0.05, 0) is 57.5 Å². The van der Waals surface area contributed by atoms with Gasteiger partial charge >= 0.3 is 0 Å². The Balaban J connectivity index is 2.32. The number of piperidine rings is 1. The number of nitrogens with one attached hydrogen (secondary N) is 1. The second kappa shape index (κ2) is 5.11. The Kier molecular flexibility index (Phi) is 4.36. The number of hydrogen-bond donors (Lipinski definition) is 1. The molecule has 0 saturated carbocycles. The molecule has 0 aromatic rings. The van der Waals surface area contributed by atoms with Crippen LogP contribution in [0.3, 0.4) is 0 Å². The van der Waals surface area contributed by atoms with Gasteiger partial charge in [-0.15, -0.1) is 0 Å². The monoisotopic (exact) mass is 201 g/mol. The number of rotatable bonds is 4. The Morgan fingerprint density at radius 1 is 1.36 bits per heavy atom. The lowest BCUT2D eigenvalue weighted by Crippen LogP contribution is -2.32. The van der Waals surface area contributed by atoms with Crippen LogP contribution in [-0.2, 0) is 0 Å². The Hall–Kier alpha value is -0.110. The van der Waals surface area contributed by atoms with Crippen LogP contribution in [0.5, 0.6) is 0 Å². The minimum Gasteiger partial charge on any atom is -0.317 e. The third kappa shape index (κ3) is 4.41. The van der Waals surface area contributed by atoms with E-state index in [1.54, 1.807) is 6.92 Å². The van der Waals surface area contributed by atoms with E-state index in [-0.39, 0.29) is 0 Å². The van der Waals surface area contributed by atoms with E-state index in [2.05, 4.69) is 19.2 Å². The molecule has 1 rings (SSSR count). The van der Waals surface area contributed by atoms with Crippen molar-refractivity contribution in [1.29, 1.82) is 0 Å². The van der Waals surface area contributed by atoms with Crippen LogP contribution in [0.1, 0.15) is 46.5 Å². The Morgan fingerprint density at radius 2 is 1.93 bits per heavy atom. The lowest BCUT2D eigenvalue weighted by molar-refractivity contribution is 0.107. The lowest BCUT2D eigenvalue weighted by Gasteiger charge is -2.30. The molecule has 0 amide bonds. The van der Waals surface area contributed by atoms with E-state index in [0.29, 0.717) is 18.3 Å². The van der Waals surface area contributed by atoms with E-state index in [1.807, 2.05) is 0 Å². The molecule has 0 aliphatic carbocycles. The molecule has 0 bridgehead atoms. The zero-order valence-corrected chi connectivity index (χ0v) is 9.78. The van der Waals surface area contributed by atoms with Crippen molar-refractivity contribution >= 4 is 0 Å². The van der Waals surface area contributed by atoms with E-state index in [4.69, 9.17) is 0 Å². The summed E-state index contributed by atoms with van der Waals surface area (Å²) < 4.78 is 14.1. The van der Waals surface area contributed by atoms with Gasteiger partial charge in [0.05, 0.1) is 0 Å². The predicted octanol–water partition coefficient (Wildman–Crippen LogP) is 3.15. The molecular weight excluding hydrogens is 177 g/mol. The summed E-state index contributed by atoms with van der Waals surface area (Å²) in [5.41, 5.74) is -0.948. The summed E-state index contributed by atoms with van der Waals surface area (Å²) in [5.74, 6) is 1.07. The molecule has 1 saturated heterocycles. The van der Waals surface area contributed by atoms with Gasteiger partial charge in [0.1, 0.15) is 5.67 Å². The normalized spacial score (nSPS) is 23.8. The van der Waals surface area contributed by atoms with Crippen LogP contribution >= 0.6 is 0 Å². The van der Waals surface area contributed by atoms with Gasteiger partial charge in [0.25, 0.3) is 0 Å². The fraction of sp³-hybridized carbons (Fsp3) is 1.00.